The predicted octanol–water partition coefficient (Wildman–Crippen LogP) is 1.96. The van der Waals surface area contributed by atoms with Gasteiger partial charge in [0, 0.05) is 24.9 Å². The van der Waals surface area contributed by atoms with E-state index < -0.39 is 0 Å². The SMILES string of the molecule is CCNc1nsnc1Cc1ccccn1. The third-order valence-corrected chi connectivity index (χ3v) is 2.54. The van der Waals surface area contributed by atoms with Crippen LogP contribution in [0.15, 0.2) is 24.4 Å². The maximum Gasteiger partial charge on any atom is 0.163 e. The summed E-state index contributed by atoms with van der Waals surface area (Å²) in [6.45, 7) is 2.91. The highest BCUT2D eigenvalue weighted by atomic mass is 32.1. The predicted molar refractivity (Wildman–Crippen MR) is 61.1 cm³/mol. The van der Waals surface area contributed by atoms with Gasteiger partial charge in [-0.3, -0.25) is 4.98 Å². The van der Waals surface area contributed by atoms with Crippen LogP contribution < -0.4 is 5.32 Å². The molecule has 0 bridgehead atoms. The quantitative estimate of drug-likeness (QED) is 0.855. The Hall–Kier alpha value is -1.49. The molecule has 2 aromatic heterocycles. The molecule has 0 amide bonds. The summed E-state index contributed by atoms with van der Waals surface area (Å²) in [4.78, 5) is 4.26. The summed E-state index contributed by atoms with van der Waals surface area (Å²) in [6, 6.07) is 5.89. The number of aromatic nitrogens is 3. The lowest BCUT2D eigenvalue weighted by molar-refractivity contribution is 1.03. The molecular formula is C10H12N4S. The monoisotopic (exact) mass is 220 g/mol. The van der Waals surface area contributed by atoms with Gasteiger partial charge in [-0.25, -0.2) is 0 Å². The summed E-state index contributed by atoms with van der Waals surface area (Å²) >= 11 is 1.24. The van der Waals surface area contributed by atoms with Gasteiger partial charge in [0.1, 0.15) is 5.69 Å². The average Bonchev–Trinajstić information content (AvgIpc) is 2.68. The van der Waals surface area contributed by atoms with Crippen LogP contribution in [0.1, 0.15) is 18.3 Å². The van der Waals surface area contributed by atoms with Crippen LogP contribution in [0.3, 0.4) is 0 Å². The van der Waals surface area contributed by atoms with E-state index in [9.17, 15) is 0 Å². The third kappa shape index (κ3) is 2.50. The van der Waals surface area contributed by atoms with Crippen LogP contribution in [0.2, 0.25) is 0 Å². The van der Waals surface area contributed by atoms with Crippen molar-refractivity contribution in [1.29, 1.82) is 0 Å². The molecule has 0 fully saturated rings. The lowest BCUT2D eigenvalue weighted by Gasteiger charge is -2.01. The number of hydrogen-bond donors (Lipinski definition) is 1. The molecule has 2 rings (SSSR count). The molecule has 5 heteroatoms. The number of anilines is 1. The first kappa shape index (κ1) is 10.0. The second-order valence-corrected chi connectivity index (χ2v) is 3.62. The molecule has 1 N–H and O–H groups in total. The molecule has 2 heterocycles. The van der Waals surface area contributed by atoms with E-state index >= 15 is 0 Å². The number of rotatable bonds is 4. The molecule has 0 aliphatic heterocycles. The molecule has 2 aromatic rings. The zero-order valence-electron chi connectivity index (χ0n) is 8.47. The van der Waals surface area contributed by atoms with Crippen molar-refractivity contribution in [3.8, 4) is 0 Å². The van der Waals surface area contributed by atoms with Crippen LogP contribution in [-0.4, -0.2) is 20.3 Å². The first-order valence-electron chi connectivity index (χ1n) is 4.85. The minimum Gasteiger partial charge on any atom is -0.368 e. The van der Waals surface area contributed by atoms with E-state index in [4.69, 9.17) is 0 Å². The molecule has 0 aliphatic carbocycles. The maximum atomic E-state index is 4.26. The smallest absolute Gasteiger partial charge is 0.163 e. The van der Waals surface area contributed by atoms with Crippen molar-refractivity contribution in [1.82, 2.24) is 13.7 Å². The number of nitrogens with one attached hydrogen (secondary N) is 1. The molecule has 15 heavy (non-hydrogen) atoms. The molecule has 0 radical (unpaired) electrons. The van der Waals surface area contributed by atoms with Crippen molar-refractivity contribution in [2.45, 2.75) is 13.3 Å². The Kier molecular flexibility index (Phi) is 3.24. The lowest BCUT2D eigenvalue weighted by Crippen LogP contribution is -2.01. The van der Waals surface area contributed by atoms with E-state index in [1.54, 1.807) is 6.20 Å². The van der Waals surface area contributed by atoms with Crippen LogP contribution in [0.4, 0.5) is 5.82 Å². The summed E-state index contributed by atoms with van der Waals surface area (Å²) in [5, 5.41) is 3.19. The van der Waals surface area contributed by atoms with Crippen molar-refractivity contribution in [2.75, 3.05) is 11.9 Å². The van der Waals surface area contributed by atoms with Crippen molar-refractivity contribution >= 4 is 17.5 Å². The van der Waals surface area contributed by atoms with Gasteiger partial charge in [-0.15, -0.1) is 0 Å². The Morgan fingerprint density at radius 3 is 3.00 bits per heavy atom. The molecule has 0 atom stereocenters. The molecular weight excluding hydrogens is 208 g/mol. The van der Waals surface area contributed by atoms with E-state index in [1.165, 1.54) is 11.7 Å². The second kappa shape index (κ2) is 4.84. The zero-order chi connectivity index (χ0) is 10.5. The number of pyridine rings is 1. The van der Waals surface area contributed by atoms with Crippen LogP contribution in [0.25, 0.3) is 0 Å². The molecule has 0 unspecified atom stereocenters. The van der Waals surface area contributed by atoms with E-state index in [-0.39, 0.29) is 0 Å². The first-order valence-corrected chi connectivity index (χ1v) is 5.58. The van der Waals surface area contributed by atoms with Gasteiger partial charge in [-0.2, -0.15) is 8.75 Å². The van der Waals surface area contributed by atoms with Crippen LogP contribution in [-0.2, 0) is 6.42 Å². The van der Waals surface area contributed by atoms with Crippen molar-refractivity contribution in [2.24, 2.45) is 0 Å². The largest absolute Gasteiger partial charge is 0.368 e. The van der Waals surface area contributed by atoms with E-state index in [0.29, 0.717) is 0 Å². The third-order valence-electron chi connectivity index (χ3n) is 1.98. The summed E-state index contributed by atoms with van der Waals surface area (Å²) in [6.07, 6.45) is 2.53. The normalized spacial score (nSPS) is 10.2. The molecule has 0 spiro atoms. The van der Waals surface area contributed by atoms with Gasteiger partial charge in [-0.05, 0) is 19.1 Å². The summed E-state index contributed by atoms with van der Waals surface area (Å²) in [5.74, 6) is 0.883. The van der Waals surface area contributed by atoms with Crippen LogP contribution in [0, 0.1) is 0 Å². The highest BCUT2D eigenvalue weighted by Gasteiger charge is 2.07. The Morgan fingerprint density at radius 2 is 2.27 bits per heavy atom. The number of nitrogens with zero attached hydrogens (tertiary/aromatic N) is 3. The second-order valence-electron chi connectivity index (χ2n) is 3.09. The molecule has 0 aliphatic rings. The highest BCUT2D eigenvalue weighted by molar-refractivity contribution is 6.99. The Bertz CT molecular complexity index is 412. The van der Waals surface area contributed by atoms with Crippen molar-refractivity contribution < 1.29 is 0 Å². The van der Waals surface area contributed by atoms with Crippen LogP contribution >= 0.6 is 11.7 Å². The minimum atomic E-state index is 0.736. The van der Waals surface area contributed by atoms with Crippen molar-refractivity contribution in [3.63, 3.8) is 0 Å². The number of hydrogen-bond acceptors (Lipinski definition) is 5. The van der Waals surface area contributed by atoms with Gasteiger partial charge in [0.25, 0.3) is 0 Å². The molecule has 0 aromatic carbocycles. The molecule has 0 saturated heterocycles. The fourth-order valence-electron chi connectivity index (χ4n) is 1.30. The van der Waals surface area contributed by atoms with Gasteiger partial charge in [0.2, 0.25) is 0 Å². The fourth-order valence-corrected chi connectivity index (χ4v) is 1.84. The zero-order valence-corrected chi connectivity index (χ0v) is 9.29. The van der Waals surface area contributed by atoms with Gasteiger partial charge in [0.15, 0.2) is 5.82 Å². The lowest BCUT2D eigenvalue weighted by atomic mass is 10.2. The van der Waals surface area contributed by atoms with Gasteiger partial charge in [-0.1, -0.05) is 6.07 Å². The Balaban J connectivity index is 2.14. The summed E-state index contributed by atoms with van der Waals surface area (Å²) in [7, 11) is 0. The average molecular weight is 220 g/mol. The van der Waals surface area contributed by atoms with Gasteiger partial charge in [0.05, 0.1) is 11.7 Å². The van der Waals surface area contributed by atoms with E-state index in [2.05, 4.69) is 19.0 Å². The molecule has 78 valence electrons. The van der Waals surface area contributed by atoms with E-state index in [0.717, 1.165) is 30.2 Å². The van der Waals surface area contributed by atoms with E-state index in [1.807, 2.05) is 25.1 Å². The molecule has 0 saturated carbocycles. The Labute approximate surface area is 92.7 Å². The Morgan fingerprint density at radius 1 is 1.33 bits per heavy atom. The summed E-state index contributed by atoms with van der Waals surface area (Å²) < 4.78 is 8.45. The molecule has 4 nitrogen and oxygen atoms in total. The minimum absolute atomic E-state index is 0.736. The van der Waals surface area contributed by atoms with Crippen LogP contribution in [0.5, 0.6) is 0 Å². The van der Waals surface area contributed by atoms with Gasteiger partial charge < -0.3 is 5.32 Å². The summed E-state index contributed by atoms with van der Waals surface area (Å²) in [5.41, 5.74) is 1.99. The maximum absolute atomic E-state index is 4.26. The highest BCUT2D eigenvalue weighted by Crippen LogP contribution is 2.15. The first-order chi connectivity index (χ1) is 7.40. The fraction of sp³-hybridized carbons (Fsp3) is 0.300. The van der Waals surface area contributed by atoms with Crippen molar-refractivity contribution in [3.05, 3.63) is 35.8 Å². The topological polar surface area (TPSA) is 50.7 Å². The van der Waals surface area contributed by atoms with Gasteiger partial charge >= 0.3 is 0 Å². The standard InChI is InChI=1S/C10H12N4S/c1-2-11-10-9(13-15-14-10)7-8-5-3-4-6-12-8/h3-6H,2,7H2,1H3,(H,11,14).